The summed E-state index contributed by atoms with van der Waals surface area (Å²) in [6.07, 6.45) is 0. The van der Waals surface area contributed by atoms with Gasteiger partial charge in [0.25, 0.3) is 10.0 Å². The lowest BCUT2D eigenvalue weighted by molar-refractivity contribution is 0.311. The predicted octanol–water partition coefficient (Wildman–Crippen LogP) is 2.39. The van der Waals surface area contributed by atoms with Crippen LogP contribution >= 0.6 is 0 Å². The van der Waals surface area contributed by atoms with Gasteiger partial charge in [-0.1, -0.05) is 12.1 Å². The first-order valence-corrected chi connectivity index (χ1v) is 9.78. The largest absolute Gasteiger partial charge is 0.495 e. The van der Waals surface area contributed by atoms with Crippen molar-refractivity contribution in [3.05, 3.63) is 48.3 Å². The van der Waals surface area contributed by atoms with E-state index in [0.717, 1.165) is 31.9 Å². The third kappa shape index (κ3) is 3.91. The van der Waals surface area contributed by atoms with E-state index in [0.29, 0.717) is 5.75 Å². The van der Waals surface area contributed by atoms with Gasteiger partial charge in [0.05, 0.1) is 23.4 Å². The van der Waals surface area contributed by atoms with E-state index in [1.807, 2.05) is 7.05 Å². The lowest BCUT2D eigenvalue weighted by Crippen LogP contribution is -2.44. The molecule has 0 saturated carbocycles. The first-order valence-electron chi connectivity index (χ1n) is 8.29. The monoisotopic (exact) mass is 379 g/mol. The fourth-order valence-corrected chi connectivity index (χ4v) is 3.97. The van der Waals surface area contributed by atoms with Crippen LogP contribution in [0, 0.1) is 5.82 Å². The summed E-state index contributed by atoms with van der Waals surface area (Å²) in [7, 11) is -0.310. The molecule has 1 aliphatic rings. The van der Waals surface area contributed by atoms with Gasteiger partial charge in [-0.25, -0.2) is 12.8 Å². The molecule has 6 nitrogen and oxygen atoms in total. The molecule has 0 atom stereocenters. The Kier molecular flexibility index (Phi) is 5.33. The highest BCUT2D eigenvalue weighted by atomic mass is 32.2. The van der Waals surface area contributed by atoms with E-state index >= 15 is 0 Å². The number of nitrogens with one attached hydrogen (secondary N) is 1. The number of piperazine rings is 1. The maximum atomic E-state index is 13.8. The van der Waals surface area contributed by atoms with Gasteiger partial charge in [0.1, 0.15) is 11.6 Å². The zero-order valence-corrected chi connectivity index (χ0v) is 15.6. The van der Waals surface area contributed by atoms with Crippen molar-refractivity contribution in [3.63, 3.8) is 0 Å². The third-order valence-electron chi connectivity index (χ3n) is 4.42. The fourth-order valence-electron chi connectivity index (χ4n) is 2.88. The Morgan fingerprint density at radius 1 is 1.08 bits per heavy atom. The van der Waals surface area contributed by atoms with Crippen LogP contribution in [0.5, 0.6) is 5.75 Å². The van der Waals surface area contributed by atoms with Gasteiger partial charge in [-0.05, 0) is 37.4 Å². The van der Waals surface area contributed by atoms with Gasteiger partial charge in [-0.3, -0.25) is 4.72 Å². The molecule has 3 rings (SSSR count). The van der Waals surface area contributed by atoms with Gasteiger partial charge in [-0.2, -0.15) is 0 Å². The molecule has 0 amide bonds. The number of sulfonamides is 1. The van der Waals surface area contributed by atoms with Gasteiger partial charge >= 0.3 is 0 Å². The highest BCUT2D eigenvalue weighted by Gasteiger charge is 2.22. The highest BCUT2D eigenvalue weighted by Crippen LogP contribution is 2.32. The second kappa shape index (κ2) is 7.51. The number of hydrogen-bond donors (Lipinski definition) is 1. The van der Waals surface area contributed by atoms with E-state index in [4.69, 9.17) is 4.74 Å². The summed E-state index contributed by atoms with van der Waals surface area (Å²) in [6.45, 7) is 3.31. The minimum Gasteiger partial charge on any atom is -0.495 e. The minimum atomic E-state index is -3.92. The van der Waals surface area contributed by atoms with Crippen molar-refractivity contribution in [2.45, 2.75) is 4.90 Å². The first kappa shape index (κ1) is 18.5. The average molecular weight is 379 g/mol. The van der Waals surface area contributed by atoms with E-state index < -0.39 is 15.8 Å². The number of methoxy groups -OCH3 is 1. The Balaban J connectivity index is 1.92. The van der Waals surface area contributed by atoms with E-state index in [2.05, 4.69) is 14.5 Å². The fraction of sp³-hybridized carbons (Fsp3) is 0.333. The summed E-state index contributed by atoms with van der Waals surface area (Å²) in [6, 6.07) is 10.3. The second-order valence-corrected chi connectivity index (χ2v) is 7.89. The zero-order chi connectivity index (χ0) is 18.7. The Labute approximate surface area is 153 Å². The maximum Gasteiger partial charge on any atom is 0.262 e. The quantitative estimate of drug-likeness (QED) is 0.864. The lowest BCUT2D eigenvalue weighted by Gasteiger charge is -2.34. The van der Waals surface area contributed by atoms with Gasteiger partial charge in [0.15, 0.2) is 0 Å². The van der Waals surface area contributed by atoms with Crippen molar-refractivity contribution in [2.24, 2.45) is 0 Å². The predicted molar refractivity (Wildman–Crippen MR) is 99.9 cm³/mol. The number of benzene rings is 2. The van der Waals surface area contributed by atoms with Crippen LogP contribution in [0.4, 0.5) is 15.8 Å². The molecule has 0 spiro atoms. The molecule has 1 saturated heterocycles. The summed E-state index contributed by atoms with van der Waals surface area (Å²) < 4.78 is 46.9. The average Bonchev–Trinajstić information content (AvgIpc) is 2.63. The minimum absolute atomic E-state index is 0.0653. The number of para-hydroxylation sites is 1. The molecule has 1 N–H and O–H groups in total. The molecule has 2 aromatic rings. The topological polar surface area (TPSA) is 61.9 Å². The van der Waals surface area contributed by atoms with Crippen LogP contribution in [-0.2, 0) is 10.0 Å². The highest BCUT2D eigenvalue weighted by molar-refractivity contribution is 7.92. The van der Waals surface area contributed by atoms with E-state index in [9.17, 15) is 12.8 Å². The molecule has 1 heterocycles. The molecule has 1 fully saturated rings. The number of anilines is 2. The molecule has 0 bridgehead atoms. The molecule has 1 aliphatic heterocycles. The lowest BCUT2D eigenvalue weighted by atomic mass is 10.2. The molecule has 0 unspecified atom stereocenters. The smallest absolute Gasteiger partial charge is 0.262 e. The van der Waals surface area contributed by atoms with Crippen LogP contribution in [0.15, 0.2) is 47.4 Å². The van der Waals surface area contributed by atoms with Crippen molar-refractivity contribution in [1.82, 2.24) is 4.90 Å². The normalized spacial score (nSPS) is 15.7. The number of ether oxygens (including phenoxy) is 1. The SMILES string of the molecule is COc1ccc(S(=O)(=O)Nc2ccccc2F)cc1N1CCN(C)CC1. The standard InChI is InChI=1S/C18H22FN3O3S/c1-21-9-11-22(12-10-21)17-13-14(7-8-18(17)25-2)26(23,24)20-16-6-4-3-5-15(16)19/h3-8,13,20H,9-12H2,1-2H3. The van der Waals surface area contributed by atoms with Crippen molar-refractivity contribution in [3.8, 4) is 5.75 Å². The van der Waals surface area contributed by atoms with Crippen molar-refractivity contribution < 1.29 is 17.5 Å². The Morgan fingerprint density at radius 2 is 1.77 bits per heavy atom. The molecular formula is C18H22FN3O3S. The Morgan fingerprint density at radius 3 is 2.42 bits per heavy atom. The van der Waals surface area contributed by atoms with Crippen molar-refractivity contribution >= 4 is 21.4 Å². The number of likely N-dealkylation sites (N-methyl/N-ethyl adjacent to an activating group) is 1. The van der Waals surface area contributed by atoms with Crippen LogP contribution in [-0.4, -0.2) is 53.7 Å². The third-order valence-corrected chi connectivity index (χ3v) is 5.79. The van der Waals surface area contributed by atoms with Crippen LogP contribution in [0.25, 0.3) is 0 Å². The molecule has 140 valence electrons. The molecule has 0 aliphatic carbocycles. The van der Waals surface area contributed by atoms with E-state index in [-0.39, 0.29) is 10.6 Å². The number of nitrogens with zero attached hydrogens (tertiary/aromatic N) is 2. The molecule has 0 aromatic heterocycles. The summed E-state index contributed by atoms with van der Waals surface area (Å²) in [5.74, 6) is -0.0109. The summed E-state index contributed by atoms with van der Waals surface area (Å²) in [5.41, 5.74) is 0.640. The van der Waals surface area contributed by atoms with Crippen molar-refractivity contribution in [2.75, 3.05) is 50.0 Å². The summed E-state index contributed by atoms with van der Waals surface area (Å²) in [5, 5.41) is 0. The zero-order valence-electron chi connectivity index (χ0n) is 14.8. The number of hydrogen-bond acceptors (Lipinski definition) is 5. The Hall–Kier alpha value is -2.32. The van der Waals surface area contributed by atoms with Crippen LogP contribution in [0.2, 0.25) is 0 Å². The van der Waals surface area contributed by atoms with E-state index in [1.54, 1.807) is 25.3 Å². The first-order chi connectivity index (χ1) is 12.4. The molecule has 26 heavy (non-hydrogen) atoms. The van der Waals surface area contributed by atoms with Crippen LogP contribution in [0.1, 0.15) is 0 Å². The van der Waals surface area contributed by atoms with E-state index in [1.165, 1.54) is 24.3 Å². The number of halogens is 1. The van der Waals surface area contributed by atoms with Crippen LogP contribution in [0.3, 0.4) is 0 Å². The van der Waals surface area contributed by atoms with Gasteiger partial charge in [-0.15, -0.1) is 0 Å². The van der Waals surface area contributed by atoms with Gasteiger partial charge < -0.3 is 14.5 Å². The van der Waals surface area contributed by atoms with Gasteiger partial charge in [0.2, 0.25) is 0 Å². The number of rotatable bonds is 5. The summed E-state index contributed by atoms with van der Waals surface area (Å²) in [4.78, 5) is 4.38. The van der Waals surface area contributed by atoms with Crippen LogP contribution < -0.4 is 14.4 Å². The summed E-state index contributed by atoms with van der Waals surface area (Å²) >= 11 is 0. The molecule has 2 aromatic carbocycles. The second-order valence-electron chi connectivity index (χ2n) is 6.21. The molecule has 0 radical (unpaired) electrons. The van der Waals surface area contributed by atoms with Crippen molar-refractivity contribution in [1.29, 1.82) is 0 Å². The maximum absolute atomic E-state index is 13.8. The Bertz CT molecular complexity index is 881. The molecule has 8 heteroatoms. The molecular weight excluding hydrogens is 357 g/mol. The van der Waals surface area contributed by atoms with Gasteiger partial charge in [0, 0.05) is 26.2 Å².